The number of methoxy groups -OCH3 is 1. The van der Waals surface area contributed by atoms with E-state index in [1.807, 2.05) is 13.1 Å². The molecule has 168 valence electrons. The number of amides is 1. The number of nitrogens with zero attached hydrogens (tertiary/aromatic N) is 3. The lowest BCUT2D eigenvalue weighted by molar-refractivity contribution is 0.0671. The van der Waals surface area contributed by atoms with Crippen LogP contribution in [0.2, 0.25) is 0 Å². The van der Waals surface area contributed by atoms with Crippen molar-refractivity contribution in [3.63, 3.8) is 0 Å². The fourth-order valence-electron chi connectivity index (χ4n) is 4.32. The van der Waals surface area contributed by atoms with Gasteiger partial charge < -0.3 is 14.2 Å². The molecular formula is C25H27F2N3O2. The predicted molar refractivity (Wildman–Crippen MR) is 118 cm³/mol. The zero-order valence-electron chi connectivity index (χ0n) is 18.4. The lowest BCUT2D eigenvalue weighted by Crippen LogP contribution is -2.40. The maximum Gasteiger partial charge on any atom is 0.253 e. The summed E-state index contributed by atoms with van der Waals surface area (Å²) >= 11 is 0. The van der Waals surface area contributed by atoms with Gasteiger partial charge in [-0.25, -0.2) is 13.8 Å². The third kappa shape index (κ3) is 4.82. The maximum atomic E-state index is 14.1. The second-order valence-electron chi connectivity index (χ2n) is 8.34. The molecule has 0 N–H and O–H groups in total. The van der Waals surface area contributed by atoms with Gasteiger partial charge in [-0.05, 0) is 61.6 Å². The lowest BCUT2D eigenvalue weighted by atomic mass is 9.94. The molecule has 1 saturated heterocycles. The Morgan fingerprint density at radius 1 is 1.19 bits per heavy atom. The molecule has 0 aliphatic carbocycles. The number of piperidine rings is 1. The summed E-state index contributed by atoms with van der Waals surface area (Å²) < 4.78 is 34.4. The second kappa shape index (κ2) is 9.51. The molecule has 1 aliphatic rings. The summed E-state index contributed by atoms with van der Waals surface area (Å²) in [7, 11) is 1.40. The molecule has 7 heteroatoms. The van der Waals surface area contributed by atoms with E-state index in [9.17, 15) is 13.6 Å². The van der Waals surface area contributed by atoms with Crippen molar-refractivity contribution in [2.75, 3.05) is 20.2 Å². The van der Waals surface area contributed by atoms with Gasteiger partial charge in [-0.2, -0.15) is 0 Å². The molecule has 2 aromatic carbocycles. The summed E-state index contributed by atoms with van der Waals surface area (Å²) in [6.07, 6.45) is 4.50. The first kappa shape index (κ1) is 22.0. The maximum absolute atomic E-state index is 14.1. The SMILES string of the molecule is COc1ccc(C(=O)N2CCCC(Cc3ncc(C)n3Cc3ccc(F)cc3)C2)cc1F. The van der Waals surface area contributed by atoms with E-state index in [4.69, 9.17) is 4.74 Å². The number of imidazole rings is 1. The van der Waals surface area contributed by atoms with Crippen LogP contribution in [0.1, 0.15) is 40.3 Å². The van der Waals surface area contributed by atoms with Crippen molar-refractivity contribution in [2.24, 2.45) is 5.92 Å². The molecule has 1 aromatic heterocycles. The molecule has 0 bridgehead atoms. The predicted octanol–water partition coefficient (Wildman–Crippen LogP) is 4.62. The number of hydrogen-bond acceptors (Lipinski definition) is 3. The fraction of sp³-hybridized carbons (Fsp3) is 0.360. The topological polar surface area (TPSA) is 47.4 Å². The number of aromatic nitrogens is 2. The van der Waals surface area contributed by atoms with Gasteiger partial charge in [0.05, 0.1) is 7.11 Å². The number of benzene rings is 2. The van der Waals surface area contributed by atoms with Gasteiger partial charge in [-0.3, -0.25) is 4.79 Å². The van der Waals surface area contributed by atoms with Gasteiger partial charge in [-0.1, -0.05) is 12.1 Å². The van der Waals surface area contributed by atoms with Crippen LogP contribution in [-0.4, -0.2) is 40.6 Å². The van der Waals surface area contributed by atoms with Crippen molar-refractivity contribution in [1.82, 2.24) is 14.5 Å². The van der Waals surface area contributed by atoms with E-state index < -0.39 is 5.82 Å². The van der Waals surface area contributed by atoms with Gasteiger partial charge in [0.2, 0.25) is 0 Å². The summed E-state index contributed by atoms with van der Waals surface area (Å²) in [5, 5.41) is 0. The van der Waals surface area contributed by atoms with Crippen molar-refractivity contribution in [2.45, 2.75) is 32.7 Å². The molecule has 3 aromatic rings. The number of carbonyl (C=O) groups excluding carboxylic acids is 1. The molecule has 0 radical (unpaired) electrons. The van der Waals surface area contributed by atoms with Crippen LogP contribution < -0.4 is 4.74 Å². The van der Waals surface area contributed by atoms with E-state index in [0.717, 1.165) is 36.3 Å². The van der Waals surface area contributed by atoms with Gasteiger partial charge >= 0.3 is 0 Å². The number of hydrogen-bond donors (Lipinski definition) is 0. The van der Waals surface area contributed by atoms with Crippen LogP contribution >= 0.6 is 0 Å². The van der Waals surface area contributed by atoms with Crippen LogP contribution in [0.15, 0.2) is 48.7 Å². The molecule has 2 heterocycles. The second-order valence-corrected chi connectivity index (χ2v) is 8.34. The van der Waals surface area contributed by atoms with Crippen molar-refractivity contribution in [3.8, 4) is 5.75 Å². The summed E-state index contributed by atoms with van der Waals surface area (Å²) in [4.78, 5) is 19.4. The van der Waals surface area contributed by atoms with Crippen molar-refractivity contribution >= 4 is 5.91 Å². The summed E-state index contributed by atoms with van der Waals surface area (Å²) in [5.74, 6) is 0.403. The Morgan fingerprint density at radius 3 is 2.69 bits per heavy atom. The third-order valence-corrected chi connectivity index (χ3v) is 6.07. The van der Waals surface area contributed by atoms with Crippen LogP contribution in [0.5, 0.6) is 5.75 Å². The number of aryl methyl sites for hydroxylation is 1. The highest BCUT2D eigenvalue weighted by molar-refractivity contribution is 5.94. The minimum atomic E-state index is -0.537. The number of carbonyl (C=O) groups is 1. The zero-order chi connectivity index (χ0) is 22.7. The number of ether oxygens (including phenoxy) is 1. The molecule has 1 amide bonds. The Kier molecular flexibility index (Phi) is 6.53. The highest BCUT2D eigenvalue weighted by atomic mass is 19.1. The Balaban J connectivity index is 1.45. The molecular weight excluding hydrogens is 412 g/mol. The minimum absolute atomic E-state index is 0.126. The number of halogens is 2. The standard InChI is InChI=1S/C25H27F2N3O2/c1-17-14-28-24(30(17)16-18-5-8-21(26)9-6-18)12-19-4-3-11-29(15-19)25(31)20-7-10-23(32-2)22(27)13-20/h5-10,13-14,19H,3-4,11-12,15-16H2,1-2H3. The fourth-order valence-corrected chi connectivity index (χ4v) is 4.32. The van der Waals surface area contributed by atoms with E-state index in [-0.39, 0.29) is 23.4 Å². The van der Waals surface area contributed by atoms with Crippen LogP contribution in [0.4, 0.5) is 8.78 Å². The highest BCUT2D eigenvalue weighted by Gasteiger charge is 2.26. The van der Waals surface area contributed by atoms with Crippen LogP contribution in [0.3, 0.4) is 0 Å². The molecule has 1 aliphatic heterocycles. The first-order valence-corrected chi connectivity index (χ1v) is 10.8. The average molecular weight is 440 g/mol. The van der Waals surface area contributed by atoms with Crippen molar-refractivity contribution in [1.29, 1.82) is 0 Å². The molecule has 0 saturated carbocycles. The number of likely N-dealkylation sites (tertiary alicyclic amines) is 1. The van der Waals surface area contributed by atoms with E-state index in [0.29, 0.717) is 25.2 Å². The molecule has 1 atom stereocenters. The Morgan fingerprint density at radius 2 is 1.97 bits per heavy atom. The molecule has 32 heavy (non-hydrogen) atoms. The highest BCUT2D eigenvalue weighted by Crippen LogP contribution is 2.24. The number of rotatable bonds is 6. The summed E-state index contributed by atoms with van der Waals surface area (Å²) in [6.45, 7) is 3.90. The third-order valence-electron chi connectivity index (χ3n) is 6.07. The molecule has 0 spiro atoms. The lowest BCUT2D eigenvalue weighted by Gasteiger charge is -2.33. The molecule has 4 rings (SSSR count). The van der Waals surface area contributed by atoms with Crippen molar-refractivity contribution in [3.05, 3.63) is 82.9 Å². The van der Waals surface area contributed by atoms with Crippen LogP contribution in [0.25, 0.3) is 0 Å². The Bertz CT molecular complexity index is 1100. The normalized spacial score (nSPS) is 16.2. The van der Waals surface area contributed by atoms with Gasteiger partial charge in [0.1, 0.15) is 11.6 Å². The van der Waals surface area contributed by atoms with Crippen LogP contribution in [0, 0.1) is 24.5 Å². The van der Waals surface area contributed by atoms with Gasteiger partial charge in [0.15, 0.2) is 11.6 Å². The quantitative estimate of drug-likeness (QED) is 0.563. The Hall–Kier alpha value is -3.22. The zero-order valence-corrected chi connectivity index (χ0v) is 18.4. The van der Waals surface area contributed by atoms with E-state index >= 15 is 0 Å². The first-order valence-electron chi connectivity index (χ1n) is 10.8. The largest absolute Gasteiger partial charge is 0.494 e. The smallest absolute Gasteiger partial charge is 0.253 e. The summed E-state index contributed by atoms with van der Waals surface area (Å²) in [5.41, 5.74) is 2.38. The molecule has 1 fully saturated rings. The first-order chi connectivity index (χ1) is 15.4. The van der Waals surface area contributed by atoms with Gasteiger partial charge in [-0.15, -0.1) is 0 Å². The van der Waals surface area contributed by atoms with E-state index in [2.05, 4.69) is 9.55 Å². The van der Waals surface area contributed by atoms with Gasteiger partial charge in [0, 0.05) is 43.5 Å². The summed E-state index contributed by atoms with van der Waals surface area (Å²) in [6, 6.07) is 10.8. The Labute approximate surface area is 186 Å². The van der Waals surface area contributed by atoms with Crippen LogP contribution in [-0.2, 0) is 13.0 Å². The molecule has 5 nitrogen and oxygen atoms in total. The van der Waals surface area contributed by atoms with Crippen molar-refractivity contribution < 1.29 is 18.3 Å². The van der Waals surface area contributed by atoms with E-state index in [1.54, 1.807) is 23.1 Å². The minimum Gasteiger partial charge on any atom is -0.494 e. The van der Waals surface area contributed by atoms with Gasteiger partial charge in [0.25, 0.3) is 5.91 Å². The average Bonchev–Trinajstić information content (AvgIpc) is 3.13. The molecule has 1 unspecified atom stereocenters. The monoisotopic (exact) mass is 439 g/mol. The van der Waals surface area contributed by atoms with E-state index in [1.165, 1.54) is 31.4 Å².